The number of pyridine rings is 2. The lowest BCUT2D eigenvalue weighted by Gasteiger charge is -2.12. The van der Waals surface area contributed by atoms with Gasteiger partial charge in [0.05, 0.1) is 24.8 Å². The molecule has 2 aromatic rings. The van der Waals surface area contributed by atoms with Crippen LogP contribution in [0.4, 0.5) is 5.69 Å². The Bertz CT molecular complexity index is 752. The summed E-state index contributed by atoms with van der Waals surface area (Å²) < 4.78 is 11.7. The maximum atomic E-state index is 12.4. The Labute approximate surface area is 121 Å². The highest BCUT2D eigenvalue weighted by molar-refractivity contribution is 5.93. The van der Waals surface area contributed by atoms with Gasteiger partial charge in [-0.15, -0.1) is 0 Å². The van der Waals surface area contributed by atoms with E-state index in [1.165, 1.54) is 19.4 Å². The van der Waals surface area contributed by atoms with Crippen LogP contribution in [0.5, 0.6) is 5.88 Å². The minimum Gasteiger partial charge on any atom is -0.479 e. The fourth-order valence-corrected chi connectivity index (χ4v) is 2.07. The van der Waals surface area contributed by atoms with Crippen molar-refractivity contribution in [1.29, 1.82) is 0 Å². The molecule has 2 rings (SSSR count). The monoisotopic (exact) mass is 291 g/mol. The number of nitrogens with zero attached hydrogens (tertiary/aromatic N) is 2. The summed E-state index contributed by atoms with van der Waals surface area (Å²) in [5.74, 6) is -0.408. The summed E-state index contributed by atoms with van der Waals surface area (Å²) in [4.78, 5) is 28.5. The molecule has 2 aromatic heterocycles. The molecule has 0 atom stereocenters. The molecule has 21 heavy (non-hydrogen) atoms. The van der Waals surface area contributed by atoms with Crippen LogP contribution in [0.15, 0.2) is 17.1 Å². The van der Waals surface area contributed by atoms with Crippen molar-refractivity contribution in [3.8, 4) is 5.88 Å². The lowest BCUT2D eigenvalue weighted by molar-refractivity contribution is 0.0524. The van der Waals surface area contributed by atoms with E-state index >= 15 is 0 Å². The van der Waals surface area contributed by atoms with Crippen LogP contribution in [-0.2, 0) is 11.3 Å². The van der Waals surface area contributed by atoms with Crippen molar-refractivity contribution >= 4 is 22.7 Å². The number of aromatic nitrogens is 2. The smallest absolute Gasteiger partial charge is 0.343 e. The number of carbonyl (C=O) groups is 1. The second-order valence-electron chi connectivity index (χ2n) is 4.34. The number of hydrogen-bond acceptors (Lipinski definition) is 6. The van der Waals surface area contributed by atoms with Crippen molar-refractivity contribution < 1.29 is 14.3 Å². The lowest BCUT2D eigenvalue weighted by atomic mass is 10.2. The van der Waals surface area contributed by atoms with Crippen LogP contribution in [0.2, 0.25) is 0 Å². The molecular weight excluding hydrogens is 274 g/mol. The topological polar surface area (TPSA) is 96.4 Å². The molecule has 0 saturated heterocycles. The standard InChI is InChI=1S/C14H17N3O4/c1-4-17-7-9(14(19)21-5-2)11(18)8-6-10(15)13(20-3)16-12(8)17/h6-7H,4-5,15H2,1-3H3. The van der Waals surface area contributed by atoms with Crippen LogP contribution in [0.25, 0.3) is 11.0 Å². The van der Waals surface area contributed by atoms with Gasteiger partial charge < -0.3 is 19.8 Å². The first kappa shape index (κ1) is 14.8. The normalized spacial score (nSPS) is 10.6. The second kappa shape index (κ2) is 5.82. The maximum Gasteiger partial charge on any atom is 0.343 e. The number of anilines is 1. The number of aryl methyl sites for hydroxylation is 1. The molecular formula is C14H17N3O4. The molecule has 7 heteroatoms. The lowest BCUT2D eigenvalue weighted by Crippen LogP contribution is -2.21. The predicted octanol–water partition coefficient (Wildman–Crippen LogP) is 1.18. The van der Waals surface area contributed by atoms with E-state index in [0.29, 0.717) is 12.2 Å². The Morgan fingerprint density at radius 2 is 2.14 bits per heavy atom. The summed E-state index contributed by atoms with van der Waals surface area (Å²) in [6.45, 7) is 4.29. The molecule has 7 nitrogen and oxygen atoms in total. The molecule has 0 radical (unpaired) electrons. The van der Waals surface area contributed by atoms with Gasteiger partial charge in [0, 0.05) is 12.7 Å². The molecule has 0 aliphatic rings. The maximum absolute atomic E-state index is 12.4. The number of esters is 1. The fraction of sp³-hybridized carbons (Fsp3) is 0.357. The molecule has 2 N–H and O–H groups in total. The second-order valence-corrected chi connectivity index (χ2v) is 4.34. The van der Waals surface area contributed by atoms with E-state index in [4.69, 9.17) is 15.2 Å². The first-order valence-corrected chi connectivity index (χ1v) is 6.58. The quantitative estimate of drug-likeness (QED) is 0.850. The van der Waals surface area contributed by atoms with Crippen LogP contribution < -0.4 is 15.9 Å². The highest BCUT2D eigenvalue weighted by atomic mass is 16.5. The van der Waals surface area contributed by atoms with E-state index < -0.39 is 11.4 Å². The van der Waals surface area contributed by atoms with Crippen LogP contribution in [-0.4, -0.2) is 29.2 Å². The number of rotatable bonds is 4. The van der Waals surface area contributed by atoms with Gasteiger partial charge in [0.15, 0.2) is 0 Å². The molecule has 112 valence electrons. The zero-order valence-corrected chi connectivity index (χ0v) is 12.2. The molecule has 0 aliphatic carbocycles. The van der Waals surface area contributed by atoms with E-state index in [2.05, 4.69) is 4.98 Å². The summed E-state index contributed by atoms with van der Waals surface area (Å²) in [7, 11) is 1.45. The first-order valence-electron chi connectivity index (χ1n) is 6.58. The molecule has 0 aromatic carbocycles. The predicted molar refractivity (Wildman–Crippen MR) is 78.6 cm³/mol. The third-order valence-corrected chi connectivity index (χ3v) is 3.07. The summed E-state index contributed by atoms with van der Waals surface area (Å²) >= 11 is 0. The van der Waals surface area contributed by atoms with Gasteiger partial charge in [-0.25, -0.2) is 4.79 Å². The van der Waals surface area contributed by atoms with Crippen molar-refractivity contribution in [2.24, 2.45) is 0 Å². The fourth-order valence-electron chi connectivity index (χ4n) is 2.07. The zero-order chi connectivity index (χ0) is 15.6. The highest BCUT2D eigenvalue weighted by Gasteiger charge is 2.18. The van der Waals surface area contributed by atoms with Crippen LogP contribution in [0.3, 0.4) is 0 Å². The van der Waals surface area contributed by atoms with Gasteiger partial charge in [-0.2, -0.15) is 4.98 Å². The van der Waals surface area contributed by atoms with Crippen molar-refractivity contribution in [2.45, 2.75) is 20.4 Å². The van der Waals surface area contributed by atoms with Gasteiger partial charge in [0.2, 0.25) is 11.3 Å². The molecule has 0 spiro atoms. The van der Waals surface area contributed by atoms with E-state index in [1.54, 1.807) is 11.5 Å². The largest absolute Gasteiger partial charge is 0.479 e. The Hall–Kier alpha value is -2.57. The number of fused-ring (bicyclic) bond motifs is 1. The van der Waals surface area contributed by atoms with E-state index in [0.717, 1.165) is 0 Å². The van der Waals surface area contributed by atoms with Crippen LogP contribution >= 0.6 is 0 Å². The van der Waals surface area contributed by atoms with E-state index in [-0.39, 0.29) is 29.1 Å². The Balaban J connectivity index is 2.80. The highest BCUT2D eigenvalue weighted by Crippen LogP contribution is 2.22. The van der Waals surface area contributed by atoms with E-state index in [9.17, 15) is 9.59 Å². The van der Waals surface area contributed by atoms with Gasteiger partial charge >= 0.3 is 5.97 Å². The van der Waals surface area contributed by atoms with Gasteiger partial charge in [-0.05, 0) is 19.9 Å². The van der Waals surface area contributed by atoms with Crippen LogP contribution in [0, 0.1) is 0 Å². The van der Waals surface area contributed by atoms with Crippen LogP contribution in [0.1, 0.15) is 24.2 Å². The van der Waals surface area contributed by atoms with Crippen molar-refractivity contribution in [1.82, 2.24) is 9.55 Å². The Kier molecular flexibility index (Phi) is 4.11. The number of methoxy groups -OCH3 is 1. The minimum absolute atomic E-state index is 0.0300. The van der Waals surface area contributed by atoms with E-state index in [1.807, 2.05) is 6.92 Å². The van der Waals surface area contributed by atoms with Gasteiger partial charge in [-0.1, -0.05) is 0 Å². The summed E-state index contributed by atoms with van der Waals surface area (Å²) in [5, 5.41) is 0.265. The minimum atomic E-state index is -0.652. The number of hydrogen-bond donors (Lipinski definition) is 1. The number of carbonyl (C=O) groups excluding carboxylic acids is 1. The summed E-state index contributed by atoms with van der Waals surface area (Å²) in [6, 6.07) is 1.47. The molecule has 0 amide bonds. The molecule has 0 fully saturated rings. The average molecular weight is 291 g/mol. The van der Waals surface area contributed by atoms with Crippen molar-refractivity contribution in [3.05, 3.63) is 28.0 Å². The third-order valence-electron chi connectivity index (χ3n) is 3.07. The molecule has 0 unspecified atom stereocenters. The molecule has 0 bridgehead atoms. The average Bonchev–Trinajstić information content (AvgIpc) is 2.47. The third kappa shape index (κ3) is 2.54. The Morgan fingerprint density at radius 3 is 2.71 bits per heavy atom. The molecule has 0 aliphatic heterocycles. The first-order chi connectivity index (χ1) is 10.0. The zero-order valence-electron chi connectivity index (χ0n) is 12.2. The number of ether oxygens (including phenoxy) is 2. The van der Waals surface area contributed by atoms with Gasteiger partial charge in [-0.3, -0.25) is 4.79 Å². The molecule has 2 heterocycles. The SMILES string of the molecule is CCOC(=O)c1cn(CC)c2nc(OC)c(N)cc2c1=O. The van der Waals surface area contributed by atoms with Crippen molar-refractivity contribution in [3.63, 3.8) is 0 Å². The van der Waals surface area contributed by atoms with Crippen molar-refractivity contribution in [2.75, 3.05) is 19.5 Å². The summed E-state index contributed by atoms with van der Waals surface area (Å²) in [5.41, 5.74) is 5.97. The van der Waals surface area contributed by atoms with Gasteiger partial charge in [0.1, 0.15) is 11.2 Å². The summed E-state index contributed by atoms with van der Waals surface area (Å²) in [6.07, 6.45) is 1.45. The van der Waals surface area contributed by atoms with Gasteiger partial charge in [0.25, 0.3) is 0 Å². The molecule has 0 saturated carbocycles. The number of nitrogens with two attached hydrogens (primary N) is 1. The number of nitrogen functional groups attached to an aromatic ring is 1. The Morgan fingerprint density at radius 1 is 1.43 bits per heavy atom.